The number of hydrogen-bond donors (Lipinski definition) is 2. The van der Waals surface area contributed by atoms with E-state index in [1.807, 2.05) is 0 Å². The van der Waals surface area contributed by atoms with Crippen LogP contribution in [0, 0.1) is 5.92 Å². The number of carbonyl (C=O) groups is 1. The summed E-state index contributed by atoms with van der Waals surface area (Å²) in [5.74, 6) is 0.360. The molecule has 92 valence electrons. The Balaban J connectivity index is 2.11. The average Bonchev–Trinajstić information content (AvgIpc) is 2.68. The SMILES string of the molecule is CC1CCCC1NC(=O)c1cc(O)ccc1Cl. The van der Waals surface area contributed by atoms with E-state index in [2.05, 4.69) is 12.2 Å². The topological polar surface area (TPSA) is 49.3 Å². The number of carbonyl (C=O) groups excluding carboxylic acids is 1. The maximum Gasteiger partial charge on any atom is 0.253 e. The first-order valence-corrected chi connectivity index (χ1v) is 6.25. The van der Waals surface area contributed by atoms with Crippen molar-refractivity contribution in [1.29, 1.82) is 0 Å². The minimum atomic E-state index is -0.204. The van der Waals surface area contributed by atoms with Gasteiger partial charge >= 0.3 is 0 Å². The van der Waals surface area contributed by atoms with Crippen molar-refractivity contribution < 1.29 is 9.90 Å². The summed E-state index contributed by atoms with van der Waals surface area (Å²) in [6.07, 6.45) is 3.32. The van der Waals surface area contributed by atoms with Crippen LogP contribution in [0.1, 0.15) is 36.5 Å². The standard InChI is InChI=1S/C13H16ClNO2/c1-8-3-2-4-12(8)15-13(17)10-7-9(16)5-6-11(10)14/h5-8,12,16H,2-4H2,1H3,(H,15,17). The minimum Gasteiger partial charge on any atom is -0.508 e. The second-order valence-corrected chi connectivity index (χ2v) is 5.06. The van der Waals surface area contributed by atoms with Gasteiger partial charge in [-0.3, -0.25) is 4.79 Å². The Bertz CT molecular complexity index is 433. The first kappa shape index (κ1) is 12.2. The largest absolute Gasteiger partial charge is 0.508 e. The number of phenolic OH excluding ortho intramolecular Hbond substituents is 1. The molecule has 1 fully saturated rings. The number of aromatic hydroxyl groups is 1. The van der Waals surface area contributed by atoms with E-state index < -0.39 is 0 Å². The fraction of sp³-hybridized carbons (Fsp3) is 0.462. The van der Waals surface area contributed by atoms with Crippen molar-refractivity contribution in [2.75, 3.05) is 0 Å². The molecule has 0 saturated heterocycles. The van der Waals surface area contributed by atoms with Crippen molar-refractivity contribution >= 4 is 17.5 Å². The summed E-state index contributed by atoms with van der Waals surface area (Å²) in [5, 5.41) is 12.7. The third-order valence-electron chi connectivity index (χ3n) is 3.37. The van der Waals surface area contributed by atoms with E-state index in [4.69, 9.17) is 11.6 Å². The van der Waals surface area contributed by atoms with E-state index in [9.17, 15) is 9.90 Å². The zero-order chi connectivity index (χ0) is 12.4. The van der Waals surface area contributed by atoms with Gasteiger partial charge in [0.2, 0.25) is 0 Å². The smallest absolute Gasteiger partial charge is 0.253 e. The van der Waals surface area contributed by atoms with Crippen molar-refractivity contribution in [1.82, 2.24) is 5.32 Å². The maximum atomic E-state index is 12.0. The molecule has 2 N–H and O–H groups in total. The van der Waals surface area contributed by atoms with Crippen LogP contribution in [-0.4, -0.2) is 17.1 Å². The first-order chi connectivity index (χ1) is 8.08. The molecule has 2 rings (SSSR count). The third kappa shape index (κ3) is 2.72. The number of nitrogens with one attached hydrogen (secondary N) is 1. The van der Waals surface area contributed by atoms with E-state index in [1.165, 1.54) is 18.2 Å². The molecule has 0 spiro atoms. The van der Waals surface area contributed by atoms with Crippen LogP contribution in [0.4, 0.5) is 0 Å². The summed E-state index contributed by atoms with van der Waals surface area (Å²) in [6.45, 7) is 2.14. The predicted octanol–water partition coefficient (Wildman–Crippen LogP) is 2.96. The molecule has 1 aliphatic carbocycles. The number of benzene rings is 1. The molecule has 1 aromatic carbocycles. The second-order valence-electron chi connectivity index (χ2n) is 4.65. The lowest BCUT2D eigenvalue weighted by Gasteiger charge is -2.17. The van der Waals surface area contributed by atoms with Crippen LogP contribution in [0.25, 0.3) is 0 Å². The van der Waals surface area contributed by atoms with Gasteiger partial charge in [0.05, 0.1) is 10.6 Å². The number of phenols is 1. The highest BCUT2D eigenvalue weighted by Crippen LogP contribution is 2.26. The van der Waals surface area contributed by atoms with E-state index in [1.54, 1.807) is 0 Å². The number of halogens is 1. The molecule has 1 amide bonds. The van der Waals surface area contributed by atoms with Gasteiger partial charge in [-0.25, -0.2) is 0 Å². The van der Waals surface area contributed by atoms with Gasteiger partial charge in [-0.15, -0.1) is 0 Å². The molecule has 2 unspecified atom stereocenters. The van der Waals surface area contributed by atoms with E-state index in [-0.39, 0.29) is 17.7 Å². The molecule has 4 heteroatoms. The molecule has 17 heavy (non-hydrogen) atoms. The molecule has 3 nitrogen and oxygen atoms in total. The van der Waals surface area contributed by atoms with Crippen molar-refractivity contribution in [2.45, 2.75) is 32.2 Å². The monoisotopic (exact) mass is 253 g/mol. The highest BCUT2D eigenvalue weighted by atomic mass is 35.5. The van der Waals surface area contributed by atoms with Gasteiger partial charge in [-0.2, -0.15) is 0 Å². The van der Waals surface area contributed by atoms with Crippen LogP contribution in [0.5, 0.6) is 5.75 Å². The van der Waals surface area contributed by atoms with Gasteiger partial charge in [-0.1, -0.05) is 24.9 Å². The van der Waals surface area contributed by atoms with Gasteiger partial charge in [0.25, 0.3) is 5.91 Å². The number of hydrogen-bond acceptors (Lipinski definition) is 2. The molecular weight excluding hydrogens is 238 g/mol. The van der Waals surface area contributed by atoms with Crippen molar-refractivity contribution in [3.8, 4) is 5.75 Å². The van der Waals surface area contributed by atoms with Crippen LogP contribution in [-0.2, 0) is 0 Å². The molecule has 2 atom stereocenters. The lowest BCUT2D eigenvalue weighted by Crippen LogP contribution is -2.36. The zero-order valence-electron chi connectivity index (χ0n) is 9.74. The number of amides is 1. The molecular formula is C13H16ClNO2. The average molecular weight is 254 g/mol. The summed E-state index contributed by atoms with van der Waals surface area (Å²) in [4.78, 5) is 12.0. The van der Waals surface area contributed by atoms with E-state index in [0.29, 0.717) is 16.5 Å². The van der Waals surface area contributed by atoms with Crippen molar-refractivity contribution in [2.24, 2.45) is 5.92 Å². The highest BCUT2D eigenvalue weighted by molar-refractivity contribution is 6.33. The van der Waals surface area contributed by atoms with Gasteiger partial charge in [0.1, 0.15) is 5.75 Å². The molecule has 0 aromatic heterocycles. The summed E-state index contributed by atoms with van der Waals surface area (Å²) >= 11 is 5.94. The first-order valence-electron chi connectivity index (χ1n) is 5.87. The van der Waals surface area contributed by atoms with Crippen molar-refractivity contribution in [3.05, 3.63) is 28.8 Å². The van der Waals surface area contributed by atoms with Gasteiger partial charge < -0.3 is 10.4 Å². The summed E-state index contributed by atoms with van der Waals surface area (Å²) < 4.78 is 0. The lowest BCUT2D eigenvalue weighted by molar-refractivity contribution is 0.0929. The minimum absolute atomic E-state index is 0.0546. The molecule has 0 bridgehead atoms. The predicted molar refractivity (Wildman–Crippen MR) is 67.4 cm³/mol. The van der Waals surface area contributed by atoms with Crippen LogP contribution in [0.3, 0.4) is 0 Å². The summed E-state index contributed by atoms with van der Waals surface area (Å²) in [6, 6.07) is 4.62. The summed E-state index contributed by atoms with van der Waals surface area (Å²) in [7, 11) is 0. The highest BCUT2D eigenvalue weighted by Gasteiger charge is 2.25. The van der Waals surface area contributed by atoms with Crippen molar-refractivity contribution in [3.63, 3.8) is 0 Å². The Morgan fingerprint density at radius 2 is 2.24 bits per heavy atom. The molecule has 1 saturated carbocycles. The van der Waals surface area contributed by atoms with Crippen LogP contribution >= 0.6 is 11.6 Å². The Labute approximate surface area is 106 Å². The Morgan fingerprint density at radius 1 is 1.47 bits per heavy atom. The third-order valence-corrected chi connectivity index (χ3v) is 3.70. The maximum absolute atomic E-state index is 12.0. The van der Waals surface area contributed by atoms with Gasteiger partial charge in [0, 0.05) is 6.04 Å². The number of rotatable bonds is 2. The fourth-order valence-corrected chi connectivity index (χ4v) is 2.50. The quantitative estimate of drug-likeness (QED) is 0.851. The fourth-order valence-electron chi connectivity index (χ4n) is 2.29. The molecule has 0 radical (unpaired) electrons. The molecule has 0 heterocycles. The van der Waals surface area contributed by atoms with Crippen LogP contribution in [0.2, 0.25) is 5.02 Å². The van der Waals surface area contributed by atoms with Crippen LogP contribution in [0.15, 0.2) is 18.2 Å². The second kappa shape index (κ2) is 4.96. The Morgan fingerprint density at radius 3 is 2.88 bits per heavy atom. The Hall–Kier alpha value is -1.22. The summed E-state index contributed by atoms with van der Waals surface area (Å²) in [5.41, 5.74) is 0.339. The van der Waals surface area contributed by atoms with E-state index >= 15 is 0 Å². The molecule has 1 aliphatic rings. The van der Waals surface area contributed by atoms with Gasteiger partial charge in [0.15, 0.2) is 0 Å². The lowest BCUT2D eigenvalue weighted by atomic mass is 10.1. The molecule has 0 aliphatic heterocycles. The molecule has 1 aromatic rings. The van der Waals surface area contributed by atoms with Gasteiger partial charge in [-0.05, 0) is 37.0 Å². The van der Waals surface area contributed by atoms with Crippen LogP contribution < -0.4 is 5.32 Å². The van der Waals surface area contributed by atoms with E-state index in [0.717, 1.165) is 19.3 Å². The Kier molecular flexibility index (Phi) is 3.57. The zero-order valence-corrected chi connectivity index (χ0v) is 10.5. The normalized spacial score (nSPS) is 23.6.